The van der Waals surface area contributed by atoms with Crippen molar-refractivity contribution in [3.63, 3.8) is 0 Å². The summed E-state index contributed by atoms with van der Waals surface area (Å²) in [6.07, 6.45) is 0. The van der Waals surface area contributed by atoms with E-state index >= 15 is 0 Å². The van der Waals surface area contributed by atoms with E-state index in [0.29, 0.717) is 0 Å². The Kier molecular flexibility index (Phi) is 5.21. The summed E-state index contributed by atoms with van der Waals surface area (Å²) in [5.74, 6) is 0.955. The number of fused-ring (bicyclic) bond motifs is 2. The second-order valence-corrected chi connectivity index (χ2v) is 11.8. The summed E-state index contributed by atoms with van der Waals surface area (Å²) in [5, 5.41) is 8.33. The highest BCUT2D eigenvalue weighted by molar-refractivity contribution is 7.07. The van der Waals surface area contributed by atoms with Crippen LogP contribution in [-0.2, 0) is 0 Å². The first kappa shape index (κ1) is 20.5. The van der Waals surface area contributed by atoms with Gasteiger partial charge in [0.05, 0.1) is 0 Å². The smallest absolute Gasteiger partial charge is 0.346 e. The van der Waals surface area contributed by atoms with Crippen molar-refractivity contribution in [2.24, 2.45) is 0 Å². The van der Waals surface area contributed by atoms with Crippen LogP contribution in [0.3, 0.4) is 0 Å². The van der Waals surface area contributed by atoms with Gasteiger partial charge in [0.1, 0.15) is 5.75 Å². The Hall–Kier alpha value is -4.14. The van der Waals surface area contributed by atoms with Gasteiger partial charge >= 0.3 is 8.32 Å². The molecule has 0 unspecified atom stereocenters. The zero-order valence-electron chi connectivity index (χ0n) is 18.8. The molecule has 0 heterocycles. The fraction of sp³-hybridized carbons (Fsp3) is 0. The molecular weight excluding hydrogens is 428 g/mol. The Morgan fingerprint density at radius 2 is 0.735 bits per heavy atom. The summed E-state index contributed by atoms with van der Waals surface area (Å²) in [4.78, 5) is 0. The molecule has 0 aliphatic heterocycles. The van der Waals surface area contributed by atoms with Crippen molar-refractivity contribution in [3.8, 4) is 5.75 Å². The van der Waals surface area contributed by atoms with Gasteiger partial charge in [0.25, 0.3) is 0 Å². The van der Waals surface area contributed by atoms with E-state index in [0.717, 1.165) is 16.5 Å². The molecule has 0 bridgehead atoms. The lowest BCUT2D eigenvalue weighted by Crippen LogP contribution is -2.71. The molecule has 0 aliphatic rings. The highest BCUT2D eigenvalue weighted by Gasteiger charge is 2.44. The molecule has 6 rings (SSSR count). The first-order chi connectivity index (χ1) is 16.9. The Bertz CT molecular complexity index is 1410. The van der Waals surface area contributed by atoms with Crippen LogP contribution in [-0.4, -0.2) is 8.32 Å². The van der Waals surface area contributed by atoms with Crippen LogP contribution < -0.4 is 20.0 Å². The van der Waals surface area contributed by atoms with Crippen LogP contribution >= 0.6 is 0 Å². The van der Waals surface area contributed by atoms with Crippen LogP contribution in [0.15, 0.2) is 146 Å². The Morgan fingerprint density at radius 3 is 1.15 bits per heavy atom. The average Bonchev–Trinajstić information content (AvgIpc) is 2.93. The highest BCUT2D eigenvalue weighted by atomic mass is 28.4. The minimum absolute atomic E-state index is 0.955. The van der Waals surface area contributed by atoms with Gasteiger partial charge in [-0.1, -0.05) is 140 Å². The maximum absolute atomic E-state index is 7.53. The normalized spacial score (nSPS) is 11.5. The van der Waals surface area contributed by atoms with Gasteiger partial charge in [0, 0.05) is 10.8 Å². The van der Waals surface area contributed by atoms with Gasteiger partial charge in [-0.2, -0.15) is 0 Å². The molecule has 0 atom stereocenters. The minimum atomic E-state index is -2.90. The molecule has 0 N–H and O–H groups in total. The Labute approximate surface area is 201 Å². The lowest BCUT2D eigenvalue weighted by atomic mass is 10.0. The van der Waals surface area contributed by atoms with Crippen LogP contribution in [0.1, 0.15) is 0 Å². The van der Waals surface area contributed by atoms with E-state index in [9.17, 15) is 0 Å². The largest absolute Gasteiger partial charge is 0.529 e. The summed E-state index contributed by atoms with van der Waals surface area (Å²) in [6.45, 7) is 0. The molecule has 6 aromatic rings. The molecule has 0 aliphatic carbocycles. The van der Waals surface area contributed by atoms with E-state index < -0.39 is 8.32 Å². The van der Waals surface area contributed by atoms with Crippen LogP contribution in [0, 0.1) is 0 Å². The van der Waals surface area contributed by atoms with Gasteiger partial charge in [0.15, 0.2) is 0 Å². The maximum Gasteiger partial charge on any atom is 0.346 e. The molecule has 0 fully saturated rings. The van der Waals surface area contributed by atoms with Crippen LogP contribution in [0.4, 0.5) is 0 Å². The molecule has 1 nitrogen and oxygen atoms in total. The number of hydrogen-bond donors (Lipinski definition) is 0. The van der Waals surface area contributed by atoms with Crippen LogP contribution in [0.5, 0.6) is 5.75 Å². The molecule has 6 aromatic carbocycles. The van der Waals surface area contributed by atoms with Crippen molar-refractivity contribution in [1.29, 1.82) is 0 Å². The molecule has 0 radical (unpaired) electrons. The standard InChI is InChI=1S/C32H24OSi/c1-4-16-27(17-5-1)34(28-18-6-2-7-19-28,29-20-8-3-9-21-29)33-32-30-22-12-10-14-25(30)24-26-15-11-13-23-31(26)32/h1-24H. The fourth-order valence-electron chi connectivity index (χ4n) is 4.93. The average molecular weight is 453 g/mol. The van der Waals surface area contributed by atoms with E-state index in [1.54, 1.807) is 0 Å². The topological polar surface area (TPSA) is 9.23 Å². The van der Waals surface area contributed by atoms with Crippen molar-refractivity contribution >= 4 is 45.4 Å². The van der Waals surface area contributed by atoms with Crippen LogP contribution in [0.2, 0.25) is 0 Å². The third-order valence-electron chi connectivity index (χ3n) is 6.52. The minimum Gasteiger partial charge on any atom is -0.529 e. The van der Waals surface area contributed by atoms with Gasteiger partial charge in [-0.25, -0.2) is 0 Å². The highest BCUT2D eigenvalue weighted by Crippen LogP contribution is 2.36. The van der Waals surface area contributed by atoms with E-state index in [1.807, 2.05) is 0 Å². The molecule has 162 valence electrons. The van der Waals surface area contributed by atoms with Crippen molar-refractivity contribution in [1.82, 2.24) is 0 Å². The third-order valence-corrected chi connectivity index (χ3v) is 10.5. The van der Waals surface area contributed by atoms with Crippen molar-refractivity contribution in [2.75, 3.05) is 0 Å². The lowest BCUT2D eigenvalue weighted by molar-refractivity contribution is 0.590. The summed E-state index contributed by atoms with van der Waals surface area (Å²) in [5.41, 5.74) is 0. The van der Waals surface area contributed by atoms with Crippen molar-refractivity contribution in [2.45, 2.75) is 0 Å². The van der Waals surface area contributed by atoms with E-state index in [2.05, 4.69) is 146 Å². The van der Waals surface area contributed by atoms with Gasteiger partial charge in [-0.3, -0.25) is 0 Å². The lowest BCUT2D eigenvalue weighted by Gasteiger charge is -2.34. The molecule has 0 amide bonds. The van der Waals surface area contributed by atoms with Gasteiger partial charge in [-0.15, -0.1) is 0 Å². The summed E-state index contributed by atoms with van der Waals surface area (Å²) in [7, 11) is -2.90. The second-order valence-electron chi connectivity index (χ2n) is 8.53. The molecule has 0 aromatic heterocycles. The number of hydrogen-bond acceptors (Lipinski definition) is 1. The first-order valence-electron chi connectivity index (χ1n) is 11.6. The molecule has 0 saturated carbocycles. The van der Waals surface area contributed by atoms with E-state index in [4.69, 9.17) is 4.43 Å². The van der Waals surface area contributed by atoms with E-state index in [1.165, 1.54) is 26.3 Å². The summed E-state index contributed by atoms with van der Waals surface area (Å²) >= 11 is 0. The van der Waals surface area contributed by atoms with Gasteiger partial charge < -0.3 is 4.43 Å². The molecule has 2 heteroatoms. The maximum atomic E-state index is 7.53. The monoisotopic (exact) mass is 452 g/mol. The predicted octanol–water partition coefficient (Wildman–Crippen LogP) is 6.04. The molecule has 0 spiro atoms. The Morgan fingerprint density at radius 1 is 0.382 bits per heavy atom. The second kappa shape index (κ2) is 8.66. The zero-order valence-corrected chi connectivity index (χ0v) is 19.8. The molecule has 34 heavy (non-hydrogen) atoms. The number of rotatable bonds is 5. The summed E-state index contributed by atoms with van der Waals surface area (Å²) in [6, 6.07) is 51.6. The fourth-order valence-corrected chi connectivity index (χ4v) is 8.80. The first-order valence-corrected chi connectivity index (χ1v) is 13.5. The SMILES string of the molecule is c1ccc([Si](Oc2c3ccccc3cc3ccccc23)(c2ccccc2)c2ccccc2)cc1. The van der Waals surface area contributed by atoms with E-state index in [-0.39, 0.29) is 0 Å². The molecular formula is C32H24OSi. The van der Waals surface area contributed by atoms with Crippen molar-refractivity contribution < 1.29 is 4.43 Å². The van der Waals surface area contributed by atoms with Gasteiger partial charge in [-0.05, 0) is 32.4 Å². The van der Waals surface area contributed by atoms with Gasteiger partial charge in [0.2, 0.25) is 0 Å². The van der Waals surface area contributed by atoms with Crippen molar-refractivity contribution in [3.05, 3.63) is 146 Å². The van der Waals surface area contributed by atoms with Crippen LogP contribution in [0.25, 0.3) is 21.5 Å². The molecule has 0 saturated heterocycles. The zero-order chi connectivity index (χ0) is 22.8. The third kappa shape index (κ3) is 3.40. The summed E-state index contributed by atoms with van der Waals surface area (Å²) < 4.78 is 7.53. The Balaban J connectivity index is 1.73. The quantitative estimate of drug-likeness (QED) is 0.176. The predicted molar refractivity (Wildman–Crippen MR) is 146 cm³/mol. The number of benzene rings is 6.